The van der Waals surface area contributed by atoms with Gasteiger partial charge in [0.2, 0.25) is 0 Å². The summed E-state index contributed by atoms with van der Waals surface area (Å²) >= 11 is 6.23. The van der Waals surface area contributed by atoms with E-state index in [2.05, 4.69) is 9.97 Å². The second-order valence-corrected chi connectivity index (χ2v) is 6.63. The third kappa shape index (κ3) is 6.38. The molecule has 3 rings (SSSR count). The molecule has 0 fully saturated rings. The van der Waals surface area contributed by atoms with E-state index in [0.717, 1.165) is 0 Å². The first kappa shape index (κ1) is 26.3. The predicted octanol–water partition coefficient (Wildman–Crippen LogP) is 4.64. The first-order chi connectivity index (χ1) is 13.6. The lowest BCUT2D eigenvalue weighted by Crippen LogP contribution is -2.39. The van der Waals surface area contributed by atoms with Crippen LogP contribution in [0.25, 0.3) is 10.9 Å². The van der Waals surface area contributed by atoms with Crippen LogP contribution in [0, 0.1) is 0 Å². The molecule has 2 N–H and O–H groups in total. The molecule has 2 heterocycles. The molecule has 1 amide bonds. The van der Waals surface area contributed by atoms with Gasteiger partial charge in [0.1, 0.15) is 12.4 Å². The van der Waals surface area contributed by atoms with Crippen molar-refractivity contribution in [2.75, 3.05) is 0 Å². The Kier molecular flexibility index (Phi) is 8.95. The predicted molar refractivity (Wildman–Crippen MR) is 118 cm³/mol. The molecule has 1 atom stereocenters. The third-order valence-electron chi connectivity index (χ3n) is 4.10. The summed E-state index contributed by atoms with van der Waals surface area (Å²) in [6, 6.07) is 8.62. The van der Waals surface area contributed by atoms with E-state index in [0.29, 0.717) is 22.3 Å². The van der Waals surface area contributed by atoms with Crippen LogP contribution in [-0.4, -0.2) is 22.1 Å². The van der Waals surface area contributed by atoms with Crippen LogP contribution in [0.5, 0.6) is 5.75 Å². The molecule has 0 aliphatic heterocycles. The van der Waals surface area contributed by atoms with Gasteiger partial charge in [-0.2, -0.15) is 26.7 Å². The molecule has 0 aliphatic rings. The molecule has 2 aromatic heterocycles. The largest absolute Gasteiger partial charge is 0.486 e. The molecular formula is C20H21ClF3N3O3S. The number of halogens is 4. The maximum Gasteiger partial charge on any atom is 0.471 e. The molecular weight excluding hydrogens is 455 g/mol. The zero-order valence-corrected chi connectivity index (χ0v) is 17.3. The van der Waals surface area contributed by atoms with Crippen molar-refractivity contribution in [3.63, 3.8) is 0 Å². The summed E-state index contributed by atoms with van der Waals surface area (Å²) in [5.41, 5.74) is 0.397. The van der Waals surface area contributed by atoms with Gasteiger partial charge in [-0.3, -0.25) is 14.6 Å². The van der Waals surface area contributed by atoms with E-state index in [-0.39, 0.29) is 38.1 Å². The summed E-state index contributed by atoms with van der Waals surface area (Å²) in [6.07, 6.45) is -3.42. The van der Waals surface area contributed by atoms with Crippen LogP contribution in [0.3, 0.4) is 0 Å². The Morgan fingerprint density at radius 3 is 2.61 bits per heavy atom. The van der Waals surface area contributed by atoms with Gasteiger partial charge >= 0.3 is 12.1 Å². The number of amides is 1. The van der Waals surface area contributed by atoms with E-state index < -0.39 is 23.7 Å². The Bertz CT molecular complexity index is 1110. The monoisotopic (exact) mass is 475 g/mol. The Labute approximate surface area is 188 Å². The minimum Gasteiger partial charge on any atom is -0.486 e. The molecule has 0 spiro atoms. The van der Waals surface area contributed by atoms with Crippen molar-refractivity contribution in [1.82, 2.24) is 15.3 Å². The summed E-state index contributed by atoms with van der Waals surface area (Å²) in [6.45, 7) is 1.45. The number of aromatic nitrogens is 2. The smallest absolute Gasteiger partial charge is 0.471 e. The van der Waals surface area contributed by atoms with E-state index in [1.54, 1.807) is 23.6 Å². The van der Waals surface area contributed by atoms with E-state index in [1.807, 2.05) is 6.07 Å². The van der Waals surface area contributed by atoms with Gasteiger partial charge in [0.15, 0.2) is 0 Å². The highest BCUT2D eigenvalue weighted by Gasteiger charge is 2.39. The summed E-state index contributed by atoms with van der Waals surface area (Å²) in [5, 5.41) is 2.48. The number of alkyl halides is 3. The lowest BCUT2D eigenvalue weighted by molar-refractivity contribution is -0.174. The van der Waals surface area contributed by atoms with Gasteiger partial charge in [-0.1, -0.05) is 25.1 Å². The van der Waals surface area contributed by atoms with Crippen molar-refractivity contribution in [2.45, 2.75) is 33.2 Å². The van der Waals surface area contributed by atoms with Crippen molar-refractivity contribution in [2.24, 2.45) is 0 Å². The number of aromatic amines is 1. The van der Waals surface area contributed by atoms with E-state index >= 15 is 0 Å². The van der Waals surface area contributed by atoms with E-state index in [1.165, 1.54) is 25.1 Å². The molecule has 31 heavy (non-hydrogen) atoms. The summed E-state index contributed by atoms with van der Waals surface area (Å²) in [4.78, 5) is 30.1. The van der Waals surface area contributed by atoms with Crippen LogP contribution in [0.4, 0.5) is 13.2 Å². The lowest BCUT2D eigenvalue weighted by Gasteiger charge is -2.16. The summed E-state index contributed by atoms with van der Waals surface area (Å²) in [7, 11) is 0. The van der Waals surface area contributed by atoms with Gasteiger partial charge in [0.05, 0.1) is 22.3 Å². The SMILES string of the molecule is C.C[C@H](NC(=O)C(F)(F)F)c1cc2cc(Cl)c(OCc3ccccn3)cc2[nH]c1=O.S. The molecule has 6 nitrogen and oxygen atoms in total. The number of ether oxygens (including phenoxy) is 1. The molecule has 0 aliphatic carbocycles. The van der Waals surface area contributed by atoms with Crippen molar-refractivity contribution < 1.29 is 22.7 Å². The molecule has 1 aromatic carbocycles. The minimum absolute atomic E-state index is 0. The highest BCUT2D eigenvalue weighted by Crippen LogP contribution is 2.30. The highest BCUT2D eigenvalue weighted by atomic mass is 35.5. The molecule has 168 valence electrons. The van der Waals surface area contributed by atoms with Crippen LogP contribution >= 0.6 is 25.1 Å². The fourth-order valence-electron chi connectivity index (χ4n) is 2.65. The Balaban J connectivity index is 0.00000240. The maximum absolute atomic E-state index is 12.4. The Morgan fingerprint density at radius 2 is 2.00 bits per heavy atom. The van der Waals surface area contributed by atoms with Gasteiger partial charge in [0.25, 0.3) is 5.56 Å². The number of hydrogen-bond acceptors (Lipinski definition) is 4. The fraction of sp³-hybridized carbons (Fsp3) is 0.250. The first-order valence-corrected chi connectivity index (χ1v) is 8.80. The molecule has 0 radical (unpaired) electrons. The Morgan fingerprint density at radius 1 is 1.29 bits per heavy atom. The first-order valence-electron chi connectivity index (χ1n) is 8.42. The maximum atomic E-state index is 12.4. The zero-order chi connectivity index (χ0) is 21.2. The standard InChI is InChI=1S/C19H15ClF3N3O3.CH4.H2S/c1-10(25-18(28)19(21,22)23)13-6-11-7-14(20)16(8-15(11)26-17(13)27)29-9-12-4-2-3-5-24-12;;/h2-8,10H,9H2,1H3,(H,25,28)(H,26,27);1H4;1H2/t10-;;/m0../s1. The zero-order valence-electron chi connectivity index (χ0n) is 15.5. The summed E-state index contributed by atoms with van der Waals surface area (Å²) in [5.74, 6) is -1.81. The minimum atomic E-state index is -5.04. The molecule has 0 saturated carbocycles. The Hall–Kier alpha value is -2.72. The van der Waals surface area contributed by atoms with Crippen LogP contribution in [0.1, 0.15) is 31.6 Å². The average Bonchev–Trinajstić information content (AvgIpc) is 2.66. The summed E-state index contributed by atoms with van der Waals surface area (Å²) < 4.78 is 43.0. The molecule has 3 aromatic rings. The van der Waals surface area contributed by atoms with Gasteiger partial charge in [-0.05, 0) is 31.2 Å². The number of carbonyl (C=O) groups excluding carboxylic acids is 1. The number of benzene rings is 1. The topological polar surface area (TPSA) is 84.1 Å². The second kappa shape index (κ2) is 10.5. The van der Waals surface area contributed by atoms with Gasteiger partial charge in [-0.25, -0.2) is 0 Å². The van der Waals surface area contributed by atoms with Gasteiger partial charge in [-0.15, -0.1) is 0 Å². The average molecular weight is 476 g/mol. The number of rotatable bonds is 5. The number of fused-ring (bicyclic) bond motifs is 1. The van der Waals surface area contributed by atoms with Gasteiger partial charge in [0, 0.05) is 23.2 Å². The van der Waals surface area contributed by atoms with Gasteiger partial charge < -0.3 is 15.0 Å². The van der Waals surface area contributed by atoms with Crippen molar-refractivity contribution in [3.8, 4) is 5.75 Å². The van der Waals surface area contributed by atoms with Crippen molar-refractivity contribution in [1.29, 1.82) is 0 Å². The number of hydrogen-bond donors (Lipinski definition) is 2. The van der Waals surface area contributed by atoms with Crippen LogP contribution in [0.2, 0.25) is 5.02 Å². The fourth-order valence-corrected chi connectivity index (χ4v) is 2.87. The lowest BCUT2D eigenvalue weighted by atomic mass is 10.1. The number of nitrogens with zero attached hydrogens (tertiary/aromatic N) is 1. The van der Waals surface area contributed by atoms with Crippen molar-refractivity contribution >= 4 is 41.9 Å². The van der Waals surface area contributed by atoms with Crippen LogP contribution in [-0.2, 0) is 11.4 Å². The number of H-pyrrole nitrogens is 1. The molecule has 0 saturated heterocycles. The number of nitrogens with one attached hydrogen (secondary N) is 2. The quantitative estimate of drug-likeness (QED) is 0.563. The van der Waals surface area contributed by atoms with Crippen LogP contribution < -0.4 is 15.6 Å². The molecule has 0 bridgehead atoms. The van der Waals surface area contributed by atoms with E-state index in [4.69, 9.17) is 16.3 Å². The normalized spacial score (nSPS) is 11.8. The van der Waals surface area contributed by atoms with Crippen molar-refractivity contribution in [3.05, 3.63) is 69.2 Å². The highest BCUT2D eigenvalue weighted by molar-refractivity contribution is 7.59. The molecule has 11 heteroatoms. The number of carbonyl (C=O) groups is 1. The van der Waals surface area contributed by atoms with E-state index in [9.17, 15) is 22.8 Å². The number of pyridine rings is 2. The molecule has 0 unspecified atom stereocenters. The second-order valence-electron chi connectivity index (χ2n) is 6.23. The van der Waals surface area contributed by atoms with Crippen LogP contribution in [0.15, 0.2) is 47.4 Å². The third-order valence-corrected chi connectivity index (χ3v) is 4.39.